The van der Waals surface area contributed by atoms with Gasteiger partial charge < -0.3 is 0 Å². The highest BCUT2D eigenvalue weighted by Crippen LogP contribution is 2.39. The maximum atomic E-state index is 6.16. The predicted molar refractivity (Wildman–Crippen MR) is 96.6 cm³/mol. The van der Waals surface area contributed by atoms with Gasteiger partial charge in [0.25, 0.3) is 0 Å². The molecule has 4 rings (SSSR count). The van der Waals surface area contributed by atoms with Crippen molar-refractivity contribution in [3.8, 4) is 11.4 Å². The number of nitrogens with zero attached hydrogens (tertiary/aromatic N) is 6. The second-order valence-electron chi connectivity index (χ2n) is 5.70. The molecule has 25 heavy (non-hydrogen) atoms. The highest BCUT2D eigenvalue weighted by Gasteiger charge is 2.27. The summed E-state index contributed by atoms with van der Waals surface area (Å²) in [5.74, 6) is 2.03. The van der Waals surface area contributed by atoms with Crippen molar-refractivity contribution >= 4 is 23.4 Å². The van der Waals surface area contributed by atoms with Crippen molar-refractivity contribution in [2.75, 3.05) is 0 Å². The molecule has 3 aromatic heterocycles. The fourth-order valence-corrected chi connectivity index (χ4v) is 3.56. The van der Waals surface area contributed by atoms with Gasteiger partial charge in [0.05, 0.1) is 0 Å². The van der Waals surface area contributed by atoms with Gasteiger partial charge >= 0.3 is 0 Å². The van der Waals surface area contributed by atoms with Crippen LogP contribution in [0.2, 0.25) is 5.15 Å². The quantitative estimate of drug-likeness (QED) is 0.482. The maximum absolute atomic E-state index is 6.16. The highest BCUT2D eigenvalue weighted by atomic mass is 35.5. The van der Waals surface area contributed by atoms with E-state index in [2.05, 4.69) is 31.7 Å². The average molecular weight is 371 g/mol. The Morgan fingerprint density at radius 2 is 2.04 bits per heavy atom. The molecule has 0 saturated heterocycles. The molecule has 0 radical (unpaired) electrons. The summed E-state index contributed by atoms with van der Waals surface area (Å²) in [5.41, 5.74) is 0.954. The Kier molecular flexibility index (Phi) is 4.50. The first kappa shape index (κ1) is 16.2. The van der Waals surface area contributed by atoms with Gasteiger partial charge in [0.2, 0.25) is 0 Å². The first-order chi connectivity index (χ1) is 12.2. The molecule has 1 aliphatic rings. The topological polar surface area (TPSA) is 69.4 Å². The number of halogens is 1. The van der Waals surface area contributed by atoms with Crippen LogP contribution >= 0.6 is 23.4 Å². The minimum absolute atomic E-state index is 0.441. The van der Waals surface area contributed by atoms with Crippen molar-refractivity contribution < 1.29 is 0 Å². The van der Waals surface area contributed by atoms with Gasteiger partial charge in [-0.25, -0.2) is 9.97 Å². The minimum atomic E-state index is 0.441. The molecule has 1 fully saturated rings. The normalized spacial score (nSPS) is 13.8. The smallest absolute Gasteiger partial charge is 0.198 e. The van der Waals surface area contributed by atoms with Crippen LogP contribution in [0.5, 0.6) is 0 Å². The molecule has 0 amide bonds. The SMILES string of the molecule is C=CCn1c(Sc2cc(Cl)nc(C3CC3)n2)nnc1-c1ccncc1. The van der Waals surface area contributed by atoms with Crippen LogP contribution in [-0.2, 0) is 6.54 Å². The fourth-order valence-electron chi connectivity index (χ4n) is 2.46. The maximum Gasteiger partial charge on any atom is 0.198 e. The summed E-state index contributed by atoms with van der Waals surface area (Å²) in [6.45, 7) is 4.43. The molecule has 1 aliphatic carbocycles. The Morgan fingerprint density at radius 3 is 2.76 bits per heavy atom. The van der Waals surface area contributed by atoms with E-state index in [9.17, 15) is 0 Å². The number of hydrogen-bond acceptors (Lipinski definition) is 6. The van der Waals surface area contributed by atoms with E-state index < -0.39 is 0 Å². The van der Waals surface area contributed by atoms with Crippen LogP contribution in [0, 0.1) is 0 Å². The summed E-state index contributed by atoms with van der Waals surface area (Å²) >= 11 is 7.59. The average Bonchev–Trinajstić information content (AvgIpc) is 3.40. The zero-order valence-corrected chi connectivity index (χ0v) is 14.9. The molecule has 0 atom stereocenters. The van der Waals surface area contributed by atoms with E-state index in [1.54, 1.807) is 18.5 Å². The Balaban J connectivity index is 1.69. The van der Waals surface area contributed by atoms with Gasteiger partial charge in [-0.2, -0.15) is 0 Å². The molecule has 6 nitrogen and oxygen atoms in total. The van der Waals surface area contributed by atoms with Gasteiger partial charge in [-0.15, -0.1) is 16.8 Å². The summed E-state index contributed by atoms with van der Waals surface area (Å²) in [4.78, 5) is 13.0. The van der Waals surface area contributed by atoms with Gasteiger partial charge in [0.1, 0.15) is 16.0 Å². The molecular weight excluding hydrogens is 356 g/mol. The lowest BCUT2D eigenvalue weighted by Crippen LogP contribution is -2.01. The summed E-state index contributed by atoms with van der Waals surface area (Å²) in [7, 11) is 0. The molecule has 0 spiro atoms. The summed E-state index contributed by atoms with van der Waals surface area (Å²) in [6.07, 6.45) is 7.55. The van der Waals surface area contributed by atoms with Crippen molar-refractivity contribution in [3.05, 3.63) is 54.2 Å². The van der Waals surface area contributed by atoms with E-state index >= 15 is 0 Å². The number of rotatable bonds is 6. The molecular formula is C17H15ClN6S. The Bertz CT molecular complexity index is 907. The van der Waals surface area contributed by atoms with E-state index in [0.29, 0.717) is 17.6 Å². The molecule has 0 bridgehead atoms. The first-order valence-electron chi connectivity index (χ1n) is 7.91. The van der Waals surface area contributed by atoms with Gasteiger partial charge in [-0.05, 0) is 36.7 Å². The van der Waals surface area contributed by atoms with E-state index in [4.69, 9.17) is 11.6 Å². The minimum Gasteiger partial charge on any atom is -0.298 e. The molecule has 8 heteroatoms. The second kappa shape index (κ2) is 6.93. The lowest BCUT2D eigenvalue weighted by Gasteiger charge is -2.08. The largest absolute Gasteiger partial charge is 0.298 e. The van der Waals surface area contributed by atoms with Crippen molar-refractivity contribution in [1.29, 1.82) is 0 Å². The van der Waals surface area contributed by atoms with E-state index in [1.807, 2.05) is 22.8 Å². The van der Waals surface area contributed by atoms with Crippen LogP contribution in [0.1, 0.15) is 24.6 Å². The van der Waals surface area contributed by atoms with Crippen LogP contribution in [0.3, 0.4) is 0 Å². The third-order valence-corrected chi connectivity index (χ3v) is 4.89. The van der Waals surface area contributed by atoms with E-state index in [-0.39, 0.29) is 0 Å². The Labute approximate surface area is 154 Å². The standard InChI is InChI=1S/C17H15ClN6S/c1-2-9-24-16(12-5-7-19-8-6-12)22-23-17(24)25-14-10-13(18)20-15(21-14)11-3-4-11/h2,5-8,10-11H,1,3-4,9H2. The van der Waals surface area contributed by atoms with Crippen LogP contribution in [-0.4, -0.2) is 29.7 Å². The molecule has 0 unspecified atom stereocenters. The summed E-state index contributed by atoms with van der Waals surface area (Å²) in [6, 6.07) is 5.58. The van der Waals surface area contributed by atoms with Gasteiger partial charge in [-0.3, -0.25) is 9.55 Å². The van der Waals surface area contributed by atoms with Gasteiger partial charge in [0.15, 0.2) is 11.0 Å². The molecule has 0 aromatic carbocycles. The summed E-state index contributed by atoms with van der Waals surface area (Å²) in [5, 5.41) is 10.6. The zero-order valence-electron chi connectivity index (χ0n) is 13.3. The lowest BCUT2D eigenvalue weighted by molar-refractivity contribution is 0.729. The molecule has 1 saturated carbocycles. The molecule has 0 aliphatic heterocycles. The van der Waals surface area contributed by atoms with Crippen molar-refractivity contribution in [3.63, 3.8) is 0 Å². The highest BCUT2D eigenvalue weighted by molar-refractivity contribution is 7.99. The predicted octanol–water partition coefficient (Wildman–Crippen LogP) is 4.00. The zero-order chi connectivity index (χ0) is 17.2. The Hall–Kier alpha value is -2.25. The monoisotopic (exact) mass is 370 g/mol. The van der Waals surface area contributed by atoms with Gasteiger partial charge in [0, 0.05) is 36.5 Å². The second-order valence-corrected chi connectivity index (χ2v) is 7.08. The summed E-state index contributed by atoms with van der Waals surface area (Å²) < 4.78 is 2.00. The molecule has 3 aromatic rings. The van der Waals surface area contributed by atoms with Crippen molar-refractivity contribution in [2.24, 2.45) is 0 Å². The van der Waals surface area contributed by atoms with E-state index in [1.165, 1.54) is 11.8 Å². The number of hydrogen-bond donors (Lipinski definition) is 0. The van der Waals surface area contributed by atoms with Gasteiger partial charge in [-0.1, -0.05) is 17.7 Å². The van der Waals surface area contributed by atoms with Crippen molar-refractivity contribution in [1.82, 2.24) is 29.7 Å². The van der Waals surface area contributed by atoms with E-state index in [0.717, 1.165) is 40.2 Å². The van der Waals surface area contributed by atoms with Crippen LogP contribution in [0.4, 0.5) is 0 Å². The third kappa shape index (κ3) is 3.57. The molecule has 0 N–H and O–H groups in total. The van der Waals surface area contributed by atoms with Crippen LogP contribution < -0.4 is 0 Å². The third-order valence-electron chi connectivity index (χ3n) is 3.79. The van der Waals surface area contributed by atoms with Crippen LogP contribution in [0.15, 0.2) is 53.4 Å². The lowest BCUT2D eigenvalue weighted by atomic mass is 10.2. The fraction of sp³-hybridized carbons (Fsp3) is 0.235. The first-order valence-corrected chi connectivity index (χ1v) is 9.11. The Morgan fingerprint density at radius 1 is 1.24 bits per heavy atom. The number of aromatic nitrogens is 6. The number of allylic oxidation sites excluding steroid dienone is 1. The van der Waals surface area contributed by atoms with Crippen molar-refractivity contribution in [2.45, 2.75) is 35.5 Å². The number of pyridine rings is 1. The molecule has 3 heterocycles. The molecule has 126 valence electrons. The van der Waals surface area contributed by atoms with Crippen LogP contribution in [0.25, 0.3) is 11.4 Å².